The van der Waals surface area contributed by atoms with E-state index in [2.05, 4.69) is 5.32 Å². The van der Waals surface area contributed by atoms with E-state index >= 15 is 0 Å². The molecule has 0 spiro atoms. The van der Waals surface area contributed by atoms with Gasteiger partial charge in [0.15, 0.2) is 0 Å². The second-order valence-electron chi connectivity index (χ2n) is 8.86. The molecule has 0 radical (unpaired) electrons. The van der Waals surface area contributed by atoms with E-state index < -0.39 is 11.4 Å². The maximum absolute atomic E-state index is 13.3. The summed E-state index contributed by atoms with van der Waals surface area (Å²) >= 11 is 0. The third kappa shape index (κ3) is 3.66. The van der Waals surface area contributed by atoms with Gasteiger partial charge in [0, 0.05) is 13.1 Å². The lowest BCUT2D eigenvalue weighted by Gasteiger charge is -2.27. The highest BCUT2D eigenvalue weighted by Crippen LogP contribution is 2.48. The molecule has 2 aliphatic carbocycles. The molecule has 1 aromatic rings. The first-order valence-corrected chi connectivity index (χ1v) is 10.5. The van der Waals surface area contributed by atoms with E-state index in [1.807, 2.05) is 4.90 Å². The quantitative estimate of drug-likeness (QED) is 0.784. The number of hydrogen-bond acceptors (Lipinski definition) is 3. The van der Waals surface area contributed by atoms with Gasteiger partial charge in [-0.2, -0.15) is 0 Å². The highest BCUT2D eigenvalue weighted by atomic mass is 19.1. The van der Waals surface area contributed by atoms with Crippen LogP contribution in [0.2, 0.25) is 0 Å². The Labute approximate surface area is 165 Å². The molecule has 4 rings (SSSR count). The number of carbonyl (C=O) groups is 2. The highest BCUT2D eigenvalue weighted by Gasteiger charge is 2.54. The maximum atomic E-state index is 13.3. The van der Waals surface area contributed by atoms with Crippen LogP contribution in [-0.2, 0) is 9.59 Å². The number of aliphatic carboxylic acids is 1. The summed E-state index contributed by atoms with van der Waals surface area (Å²) in [5.41, 5.74) is 0.282. The van der Waals surface area contributed by atoms with Crippen molar-refractivity contribution in [2.45, 2.75) is 51.0 Å². The van der Waals surface area contributed by atoms with Crippen molar-refractivity contribution in [2.75, 3.05) is 19.6 Å². The number of nitrogens with zero attached hydrogens (tertiary/aromatic N) is 1. The van der Waals surface area contributed by atoms with Gasteiger partial charge in [-0.05, 0) is 55.2 Å². The molecule has 1 unspecified atom stereocenters. The lowest BCUT2D eigenvalue weighted by Crippen LogP contribution is -2.41. The molecule has 3 atom stereocenters. The van der Waals surface area contributed by atoms with E-state index in [0.717, 1.165) is 44.1 Å². The van der Waals surface area contributed by atoms with Gasteiger partial charge in [0.2, 0.25) is 5.91 Å². The van der Waals surface area contributed by atoms with Gasteiger partial charge < -0.3 is 10.4 Å². The Hall–Kier alpha value is -1.95. The summed E-state index contributed by atoms with van der Waals surface area (Å²) < 4.78 is 13.3. The number of carbonyl (C=O) groups excluding carboxylic acids is 1. The van der Waals surface area contributed by atoms with Gasteiger partial charge in [-0.1, -0.05) is 31.4 Å². The van der Waals surface area contributed by atoms with E-state index in [0.29, 0.717) is 25.4 Å². The van der Waals surface area contributed by atoms with Crippen LogP contribution in [0.25, 0.3) is 0 Å². The smallest absolute Gasteiger partial charge is 0.311 e. The molecule has 6 heteroatoms. The number of carboxylic acids is 1. The first-order chi connectivity index (χ1) is 13.5. The Kier molecular flexibility index (Phi) is 5.41. The zero-order valence-electron chi connectivity index (χ0n) is 16.2. The van der Waals surface area contributed by atoms with Gasteiger partial charge in [0.25, 0.3) is 0 Å². The van der Waals surface area contributed by atoms with E-state index in [4.69, 9.17) is 0 Å². The fourth-order valence-corrected chi connectivity index (χ4v) is 5.72. The first-order valence-electron chi connectivity index (χ1n) is 10.5. The van der Waals surface area contributed by atoms with Crippen molar-refractivity contribution in [3.8, 4) is 0 Å². The summed E-state index contributed by atoms with van der Waals surface area (Å²) in [7, 11) is 0. The lowest BCUT2D eigenvalue weighted by atomic mass is 9.81. The number of carboxylic acid groups (broad SMARTS) is 1. The van der Waals surface area contributed by atoms with Crippen molar-refractivity contribution in [1.82, 2.24) is 10.2 Å². The van der Waals surface area contributed by atoms with Crippen molar-refractivity contribution >= 4 is 11.9 Å². The zero-order chi connectivity index (χ0) is 19.7. The highest BCUT2D eigenvalue weighted by molar-refractivity contribution is 5.80. The molecule has 3 aliphatic rings. The van der Waals surface area contributed by atoms with Gasteiger partial charge in [0.05, 0.1) is 18.0 Å². The second kappa shape index (κ2) is 7.82. The molecule has 1 aliphatic heterocycles. The van der Waals surface area contributed by atoms with Gasteiger partial charge in [-0.3, -0.25) is 14.5 Å². The van der Waals surface area contributed by atoms with Crippen LogP contribution in [0.5, 0.6) is 0 Å². The number of fused-ring (bicyclic) bond motifs is 1. The van der Waals surface area contributed by atoms with E-state index in [1.165, 1.54) is 12.1 Å². The molecule has 3 fully saturated rings. The van der Waals surface area contributed by atoms with Crippen LogP contribution in [0.4, 0.5) is 4.39 Å². The summed E-state index contributed by atoms with van der Waals surface area (Å²) in [5, 5.41) is 12.9. The fraction of sp³-hybridized carbons (Fsp3) is 0.636. The molecule has 152 valence electrons. The van der Waals surface area contributed by atoms with Crippen molar-refractivity contribution in [1.29, 1.82) is 0 Å². The molecule has 1 saturated heterocycles. The largest absolute Gasteiger partial charge is 0.481 e. The molecular weight excluding hydrogens is 359 g/mol. The third-order valence-corrected chi connectivity index (χ3v) is 7.15. The number of hydrogen-bond donors (Lipinski definition) is 2. The summed E-state index contributed by atoms with van der Waals surface area (Å²) in [5.74, 6) is -0.532. The summed E-state index contributed by atoms with van der Waals surface area (Å²) in [6, 6.07) is 6.31. The number of likely N-dealkylation sites (tertiary alicyclic amines) is 1. The molecule has 0 aromatic heterocycles. The van der Waals surface area contributed by atoms with E-state index in [1.54, 1.807) is 12.1 Å². The van der Waals surface area contributed by atoms with Crippen LogP contribution >= 0.6 is 0 Å². The fourth-order valence-electron chi connectivity index (χ4n) is 5.72. The van der Waals surface area contributed by atoms with Crippen LogP contribution < -0.4 is 5.32 Å². The molecular formula is C22H29FN2O3. The Morgan fingerprint density at radius 3 is 2.54 bits per heavy atom. The number of amides is 1. The Balaban J connectivity index is 1.42. The molecule has 28 heavy (non-hydrogen) atoms. The third-order valence-electron chi connectivity index (χ3n) is 7.15. The van der Waals surface area contributed by atoms with Crippen LogP contribution in [0, 0.1) is 23.1 Å². The zero-order valence-corrected chi connectivity index (χ0v) is 16.2. The number of nitrogens with one attached hydrogen (secondary N) is 1. The van der Waals surface area contributed by atoms with Crippen LogP contribution in [0.1, 0.15) is 56.6 Å². The molecule has 2 saturated carbocycles. The lowest BCUT2D eigenvalue weighted by molar-refractivity contribution is -0.149. The van der Waals surface area contributed by atoms with Gasteiger partial charge >= 0.3 is 5.97 Å². The van der Waals surface area contributed by atoms with E-state index in [9.17, 15) is 19.1 Å². The molecule has 1 aromatic carbocycles. The Morgan fingerprint density at radius 1 is 1.18 bits per heavy atom. The average molecular weight is 388 g/mol. The second-order valence-corrected chi connectivity index (χ2v) is 8.86. The van der Waals surface area contributed by atoms with Crippen molar-refractivity contribution in [2.24, 2.45) is 17.3 Å². The molecule has 1 heterocycles. The van der Waals surface area contributed by atoms with Gasteiger partial charge in [-0.25, -0.2) is 4.39 Å². The Bertz CT molecular complexity index is 732. The van der Waals surface area contributed by atoms with Crippen molar-refractivity contribution < 1.29 is 19.1 Å². The van der Waals surface area contributed by atoms with Crippen LogP contribution in [0.3, 0.4) is 0 Å². The predicted molar refractivity (Wildman–Crippen MR) is 103 cm³/mol. The standard InChI is InChI=1S/C22H29FN2O3/c23-18-9-7-16(8-10-18)20(15-4-1-2-5-15)24-19(26)13-25-12-17-6-3-11-22(17,14-25)21(27)28/h7-10,15,17,20H,1-6,11-14H2,(H,24,26)(H,27,28)/t17-,20?,22+/m0/s1. The minimum atomic E-state index is -0.715. The summed E-state index contributed by atoms with van der Waals surface area (Å²) in [4.78, 5) is 26.7. The minimum absolute atomic E-state index is 0.0678. The van der Waals surface area contributed by atoms with Crippen LogP contribution in [-0.4, -0.2) is 41.5 Å². The normalized spacial score (nSPS) is 29.0. The predicted octanol–water partition coefficient (Wildman–Crippen LogP) is 3.36. The summed E-state index contributed by atoms with van der Waals surface area (Å²) in [6.45, 7) is 1.38. The van der Waals surface area contributed by atoms with Gasteiger partial charge in [-0.15, -0.1) is 0 Å². The van der Waals surface area contributed by atoms with Crippen molar-refractivity contribution in [3.05, 3.63) is 35.6 Å². The Morgan fingerprint density at radius 2 is 1.89 bits per heavy atom. The number of rotatable bonds is 6. The summed E-state index contributed by atoms with van der Waals surface area (Å²) in [6.07, 6.45) is 7.06. The monoisotopic (exact) mass is 388 g/mol. The molecule has 1 amide bonds. The molecule has 2 N–H and O–H groups in total. The molecule has 5 nitrogen and oxygen atoms in total. The molecule has 0 bridgehead atoms. The first kappa shape index (κ1) is 19.4. The van der Waals surface area contributed by atoms with Crippen molar-refractivity contribution in [3.63, 3.8) is 0 Å². The SMILES string of the molecule is O=C(CN1C[C@@H]2CCC[C@@]2(C(=O)O)C1)NC(c1ccc(F)cc1)C1CCCC1. The van der Waals surface area contributed by atoms with E-state index in [-0.39, 0.29) is 30.2 Å². The number of benzene rings is 1. The maximum Gasteiger partial charge on any atom is 0.311 e. The minimum Gasteiger partial charge on any atom is -0.481 e. The topological polar surface area (TPSA) is 69.6 Å². The average Bonchev–Trinajstić information content (AvgIpc) is 3.36. The number of halogens is 1. The van der Waals surface area contributed by atoms with Crippen LogP contribution in [0.15, 0.2) is 24.3 Å². The van der Waals surface area contributed by atoms with Gasteiger partial charge in [0.1, 0.15) is 5.82 Å².